The predicted molar refractivity (Wildman–Crippen MR) is 55.0 cm³/mol. The summed E-state index contributed by atoms with van der Waals surface area (Å²) in [5.74, 6) is 0.975. The van der Waals surface area contributed by atoms with Crippen LogP contribution in [0.5, 0.6) is 5.75 Å². The summed E-state index contributed by atoms with van der Waals surface area (Å²) in [5.41, 5.74) is 1.19. The Hall–Kier alpha value is -1.02. The standard InChI is InChI=1S/C11H17NO/c1-4-12(3)9-13-11-8-6-5-7-10(11)2/h5-8H,4,9H2,1-3H3. The van der Waals surface area contributed by atoms with Crippen LogP contribution in [-0.4, -0.2) is 25.2 Å². The summed E-state index contributed by atoms with van der Waals surface area (Å²) in [7, 11) is 2.04. The van der Waals surface area contributed by atoms with Crippen molar-refractivity contribution in [2.75, 3.05) is 20.3 Å². The fourth-order valence-electron chi connectivity index (χ4n) is 0.989. The molecule has 0 heterocycles. The normalized spacial score (nSPS) is 10.5. The van der Waals surface area contributed by atoms with E-state index in [-0.39, 0.29) is 0 Å². The summed E-state index contributed by atoms with van der Waals surface area (Å²) < 4.78 is 5.62. The SMILES string of the molecule is CCN(C)COc1ccccc1C. The number of nitrogens with zero attached hydrogens (tertiary/aromatic N) is 1. The molecule has 0 unspecified atom stereocenters. The molecule has 0 saturated heterocycles. The number of hydrogen-bond acceptors (Lipinski definition) is 2. The van der Waals surface area contributed by atoms with Crippen molar-refractivity contribution in [1.82, 2.24) is 4.90 Å². The second-order valence-corrected chi connectivity index (χ2v) is 3.21. The maximum Gasteiger partial charge on any atom is 0.141 e. The molecule has 0 amide bonds. The molecule has 0 bridgehead atoms. The third kappa shape index (κ3) is 3.07. The van der Waals surface area contributed by atoms with Crippen LogP contribution in [0.2, 0.25) is 0 Å². The van der Waals surface area contributed by atoms with Crippen LogP contribution < -0.4 is 4.74 Å². The van der Waals surface area contributed by atoms with Crippen LogP contribution in [-0.2, 0) is 0 Å². The predicted octanol–water partition coefficient (Wildman–Crippen LogP) is 2.28. The Balaban J connectivity index is 2.50. The molecule has 0 saturated carbocycles. The molecular weight excluding hydrogens is 162 g/mol. The first kappa shape index (κ1) is 10.1. The van der Waals surface area contributed by atoms with Crippen molar-refractivity contribution in [3.63, 3.8) is 0 Å². The van der Waals surface area contributed by atoms with E-state index in [1.54, 1.807) is 0 Å². The zero-order valence-electron chi connectivity index (χ0n) is 8.58. The van der Waals surface area contributed by atoms with Gasteiger partial charge in [-0.2, -0.15) is 0 Å². The van der Waals surface area contributed by atoms with Crippen LogP contribution in [0.25, 0.3) is 0 Å². The highest BCUT2D eigenvalue weighted by atomic mass is 16.5. The zero-order chi connectivity index (χ0) is 9.68. The van der Waals surface area contributed by atoms with E-state index < -0.39 is 0 Å². The fourth-order valence-corrected chi connectivity index (χ4v) is 0.989. The summed E-state index contributed by atoms with van der Waals surface area (Å²) in [4.78, 5) is 2.12. The van der Waals surface area contributed by atoms with Gasteiger partial charge in [0.25, 0.3) is 0 Å². The van der Waals surface area contributed by atoms with E-state index in [2.05, 4.69) is 24.8 Å². The Morgan fingerprint density at radius 2 is 2.00 bits per heavy atom. The average Bonchev–Trinajstić information content (AvgIpc) is 2.16. The summed E-state index contributed by atoms with van der Waals surface area (Å²) in [6.07, 6.45) is 0. The summed E-state index contributed by atoms with van der Waals surface area (Å²) in [6, 6.07) is 8.07. The van der Waals surface area contributed by atoms with Crippen LogP contribution in [0.1, 0.15) is 12.5 Å². The van der Waals surface area contributed by atoms with E-state index in [4.69, 9.17) is 4.74 Å². The van der Waals surface area contributed by atoms with Gasteiger partial charge in [-0.05, 0) is 32.1 Å². The molecule has 0 fully saturated rings. The fraction of sp³-hybridized carbons (Fsp3) is 0.455. The monoisotopic (exact) mass is 179 g/mol. The number of aryl methyl sites for hydroxylation is 1. The Morgan fingerprint density at radius 3 is 2.62 bits per heavy atom. The topological polar surface area (TPSA) is 12.5 Å². The molecule has 1 rings (SSSR count). The lowest BCUT2D eigenvalue weighted by atomic mass is 10.2. The zero-order valence-corrected chi connectivity index (χ0v) is 8.58. The van der Waals surface area contributed by atoms with Gasteiger partial charge in [0.15, 0.2) is 0 Å². The number of rotatable bonds is 4. The Labute approximate surface area is 80.1 Å². The molecule has 0 spiro atoms. The number of para-hydroxylation sites is 1. The van der Waals surface area contributed by atoms with Gasteiger partial charge in [0.05, 0.1) is 0 Å². The van der Waals surface area contributed by atoms with Gasteiger partial charge in [-0.1, -0.05) is 25.1 Å². The van der Waals surface area contributed by atoms with E-state index in [0.29, 0.717) is 6.73 Å². The molecule has 0 aliphatic carbocycles. The third-order valence-corrected chi connectivity index (χ3v) is 2.07. The number of ether oxygens (including phenoxy) is 1. The van der Waals surface area contributed by atoms with Gasteiger partial charge in [-0.15, -0.1) is 0 Å². The maximum absolute atomic E-state index is 5.62. The van der Waals surface area contributed by atoms with Crippen LogP contribution >= 0.6 is 0 Å². The highest BCUT2D eigenvalue weighted by molar-refractivity contribution is 5.31. The largest absolute Gasteiger partial charge is 0.478 e. The lowest BCUT2D eigenvalue weighted by Crippen LogP contribution is -2.23. The molecule has 0 radical (unpaired) electrons. The van der Waals surface area contributed by atoms with Crippen molar-refractivity contribution in [2.24, 2.45) is 0 Å². The van der Waals surface area contributed by atoms with Gasteiger partial charge >= 0.3 is 0 Å². The lowest BCUT2D eigenvalue weighted by molar-refractivity contribution is 0.158. The summed E-state index contributed by atoms with van der Waals surface area (Å²) in [6.45, 7) is 5.83. The van der Waals surface area contributed by atoms with Gasteiger partial charge in [0.2, 0.25) is 0 Å². The maximum atomic E-state index is 5.62. The van der Waals surface area contributed by atoms with Gasteiger partial charge in [0.1, 0.15) is 12.5 Å². The number of hydrogen-bond donors (Lipinski definition) is 0. The van der Waals surface area contributed by atoms with Crippen LogP contribution in [0.3, 0.4) is 0 Å². The van der Waals surface area contributed by atoms with Crippen molar-refractivity contribution in [3.8, 4) is 5.75 Å². The second-order valence-electron chi connectivity index (χ2n) is 3.21. The van der Waals surface area contributed by atoms with Crippen molar-refractivity contribution < 1.29 is 4.74 Å². The molecule has 72 valence electrons. The van der Waals surface area contributed by atoms with Gasteiger partial charge in [-0.3, -0.25) is 4.90 Å². The molecule has 1 aromatic carbocycles. The first-order valence-electron chi connectivity index (χ1n) is 4.61. The van der Waals surface area contributed by atoms with E-state index in [0.717, 1.165) is 12.3 Å². The van der Waals surface area contributed by atoms with E-state index in [1.165, 1.54) is 5.56 Å². The van der Waals surface area contributed by atoms with Crippen molar-refractivity contribution in [1.29, 1.82) is 0 Å². The van der Waals surface area contributed by atoms with Crippen molar-refractivity contribution >= 4 is 0 Å². The quantitative estimate of drug-likeness (QED) is 0.657. The molecule has 0 aromatic heterocycles. The smallest absolute Gasteiger partial charge is 0.141 e. The van der Waals surface area contributed by atoms with Crippen molar-refractivity contribution in [2.45, 2.75) is 13.8 Å². The molecule has 0 aliphatic rings. The molecule has 13 heavy (non-hydrogen) atoms. The summed E-state index contributed by atoms with van der Waals surface area (Å²) in [5, 5.41) is 0. The molecule has 2 nitrogen and oxygen atoms in total. The lowest BCUT2D eigenvalue weighted by Gasteiger charge is -2.15. The molecule has 0 aliphatic heterocycles. The molecular formula is C11H17NO. The highest BCUT2D eigenvalue weighted by Gasteiger charge is 1.98. The molecule has 0 atom stereocenters. The summed E-state index contributed by atoms with van der Waals surface area (Å²) >= 11 is 0. The van der Waals surface area contributed by atoms with Gasteiger partial charge < -0.3 is 4.74 Å². The number of benzene rings is 1. The van der Waals surface area contributed by atoms with Crippen molar-refractivity contribution in [3.05, 3.63) is 29.8 Å². The highest BCUT2D eigenvalue weighted by Crippen LogP contribution is 2.15. The third-order valence-electron chi connectivity index (χ3n) is 2.07. The van der Waals surface area contributed by atoms with Crippen LogP contribution in [0.15, 0.2) is 24.3 Å². The minimum Gasteiger partial charge on any atom is -0.478 e. The minimum atomic E-state index is 0.654. The van der Waals surface area contributed by atoms with E-state index >= 15 is 0 Å². The van der Waals surface area contributed by atoms with Crippen LogP contribution in [0.4, 0.5) is 0 Å². The average molecular weight is 179 g/mol. The minimum absolute atomic E-state index is 0.654. The Morgan fingerprint density at radius 1 is 1.31 bits per heavy atom. The van der Waals surface area contributed by atoms with Gasteiger partial charge in [-0.25, -0.2) is 0 Å². The molecule has 0 N–H and O–H groups in total. The first-order valence-corrected chi connectivity index (χ1v) is 4.61. The molecule has 2 heteroatoms. The first-order chi connectivity index (χ1) is 6.24. The van der Waals surface area contributed by atoms with E-state index in [9.17, 15) is 0 Å². The van der Waals surface area contributed by atoms with Gasteiger partial charge in [0, 0.05) is 0 Å². The second kappa shape index (κ2) is 4.87. The Kier molecular flexibility index (Phi) is 3.77. The Bertz CT molecular complexity index is 260. The van der Waals surface area contributed by atoms with Crippen LogP contribution in [0, 0.1) is 6.92 Å². The molecule has 1 aromatic rings. The van der Waals surface area contributed by atoms with E-state index in [1.807, 2.05) is 25.2 Å².